The van der Waals surface area contributed by atoms with Gasteiger partial charge in [-0.3, -0.25) is 14.4 Å². The Labute approximate surface area is 188 Å². The Hall–Kier alpha value is -4.33. The van der Waals surface area contributed by atoms with Crippen LogP contribution in [0, 0.1) is 6.92 Å². The van der Waals surface area contributed by atoms with Gasteiger partial charge in [0.25, 0.3) is 5.91 Å². The molecule has 33 heavy (non-hydrogen) atoms. The first kappa shape index (κ1) is 21.9. The van der Waals surface area contributed by atoms with E-state index in [1.54, 1.807) is 29.7 Å². The lowest BCUT2D eigenvalue weighted by atomic mass is 10.1. The highest BCUT2D eigenvalue weighted by molar-refractivity contribution is 5.96. The standard InChI is InChI=1S/C25H22N2O6/c1-16-23(29)21(28)9-11-27(16)12-10-26-25(31)20-15-33-22-13-18(7-8-19(22)24(20)30)32-14-17-5-3-2-4-6-17/h2-9,11,13,15,29H,10,12,14H2,1H3,(H,26,31). The van der Waals surface area contributed by atoms with Gasteiger partial charge in [0.2, 0.25) is 10.9 Å². The maximum atomic E-state index is 12.8. The van der Waals surface area contributed by atoms with Gasteiger partial charge < -0.3 is 24.1 Å². The molecule has 0 aliphatic rings. The summed E-state index contributed by atoms with van der Waals surface area (Å²) in [5.74, 6) is -0.351. The van der Waals surface area contributed by atoms with Crippen LogP contribution in [0.1, 0.15) is 21.6 Å². The van der Waals surface area contributed by atoms with Gasteiger partial charge in [0.05, 0.1) is 11.1 Å². The Morgan fingerprint density at radius 1 is 1.12 bits per heavy atom. The SMILES string of the molecule is Cc1c(O)c(=O)ccn1CCNC(=O)c1coc2cc(OCc3ccccc3)ccc2c1=O. The molecule has 2 aromatic heterocycles. The van der Waals surface area contributed by atoms with Crippen LogP contribution in [0.5, 0.6) is 11.5 Å². The zero-order chi connectivity index (χ0) is 23.4. The van der Waals surface area contributed by atoms with Crippen molar-refractivity contribution >= 4 is 16.9 Å². The normalized spacial score (nSPS) is 10.8. The highest BCUT2D eigenvalue weighted by Crippen LogP contribution is 2.20. The predicted molar refractivity (Wildman–Crippen MR) is 123 cm³/mol. The van der Waals surface area contributed by atoms with E-state index in [-0.39, 0.29) is 23.2 Å². The summed E-state index contributed by atoms with van der Waals surface area (Å²) in [4.78, 5) is 36.8. The van der Waals surface area contributed by atoms with Crippen LogP contribution in [-0.2, 0) is 13.2 Å². The average molecular weight is 446 g/mol. The van der Waals surface area contributed by atoms with Crippen LogP contribution in [0.4, 0.5) is 0 Å². The molecule has 8 heteroatoms. The molecule has 2 N–H and O–H groups in total. The first-order chi connectivity index (χ1) is 15.9. The molecule has 0 atom stereocenters. The summed E-state index contributed by atoms with van der Waals surface area (Å²) >= 11 is 0. The molecule has 0 saturated carbocycles. The molecular weight excluding hydrogens is 424 g/mol. The van der Waals surface area contributed by atoms with Crippen LogP contribution in [0.3, 0.4) is 0 Å². The highest BCUT2D eigenvalue weighted by atomic mass is 16.5. The second-order valence-corrected chi connectivity index (χ2v) is 7.47. The van der Waals surface area contributed by atoms with Crippen molar-refractivity contribution < 1.29 is 19.1 Å². The van der Waals surface area contributed by atoms with Crippen molar-refractivity contribution in [2.24, 2.45) is 0 Å². The van der Waals surface area contributed by atoms with Crippen LogP contribution in [0.25, 0.3) is 11.0 Å². The third-order valence-corrected chi connectivity index (χ3v) is 5.29. The molecule has 8 nitrogen and oxygen atoms in total. The van der Waals surface area contributed by atoms with Crippen LogP contribution >= 0.6 is 0 Å². The summed E-state index contributed by atoms with van der Waals surface area (Å²) in [6, 6.07) is 15.8. The minimum atomic E-state index is -0.571. The Kier molecular flexibility index (Phi) is 6.26. The molecule has 0 bridgehead atoms. The third-order valence-electron chi connectivity index (χ3n) is 5.29. The molecule has 1 amide bonds. The van der Waals surface area contributed by atoms with Crippen LogP contribution in [0.2, 0.25) is 0 Å². The summed E-state index contributed by atoms with van der Waals surface area (Å²) < 4.78 is 12.9. The Morgan fingerprint density at radius 2 is 1.91 bits per heavy atom. The van der Waals surface area contributed by atoms with Crippen LogP contribution in [-0.4, -0.2) is 22.1 Å². The van der Waals surface area contributed by atoms with Crippen LogP contribution in [0.15, 0.2) is 81.1 Å². The van der Waals surface area contributed by atoms with E-state index in [0.29, 0.717) is 30.2 Å². The Morgan fingerprint density at radius 3 is 2.70 bits per heavy atom. The third kappa shape index (κ3) is 4.79. The van der Waals surface area contributed by atoms with Gasteiger partial charge >= 0.3 is 0 Å². The zero-order valence-electron chi connectivity index (χ0n) is 17.9. The molecular formula is C25H22N2O6. The molecule has 0 aliphatic heterocycles. The van der Waals surface area contributed by atoms with E-state index < -0.39 is 16.8 Å². The fourth-order valence-electron chi connectivity index (χ4n) is 3.39. The molecule has 4 rings (SSSR count). The van der Waals surface area contributed by atoms with Crippen molar-refractivity contribution in [3.63, 3.8) is 0 Å². The molecule has 0 aliphatic carbocycles. The average Bonchev–Trinajstić information content (AvgIpc) is 2.83. The number of carbonyl (C=O) groups excluding carboxylic acids is 1. The summed E-state index contributed by atoms with van der Waals surface area (Å²) in [7, 11) is 0. The van der Waals surface area contributed by atoms with Gasteiger partial charge in [-0.2, -0.15) is 0 Å². The minimum Gasteiger partial charge on any atom is -0.503 e. The minimum absolute atomic E-state index is 0.111. The number of carbonyl (C=O) groups is 1. The zero-order valence-corrected chi connectivity index (χ0v) is 17.9. The number of fused-ring (bicyclic) bond motifs is 1. The fraction of sp³-hybridized carbons (Fsp3) is 0.160. The molecule has 0 radical (unpaired) electrons. The number of benzene rings is 2. The highest BCUT2D eigenvalue weighted by Gasteiger charge is 2.15. The Balaban J connectivity index is 1.44. The molecule has 0 unspecified atom stereocenters. The number of aromatic nitrogens is 1. The number of nitrogens with zero attached hydrogens (tertiary/aromatic N) is 1. The van der Waals surface area contributed by atoms with Crippen molar-refractivity contribution in [3.8, 4) is 11.5 Å². The summed E-state index contributed by atoms with van der Waals surface area (Å²) in [5, 5.41) is 12.7. The monoisotopic (exact) mass is 446 g/mol. The topological polar surface area (TPSA) is 111 Å². The van der Waals surface area contributed by atoms with E-state index in [4.69, 9.17) is 9.15 Å². The summed E-state index contributed by atoms with van der Waals surface area (Å²) in [6.45, 7) is 2.48. The summed E-state index contributed by atoms with van der Waals surface area (Å²) in [5.41, 5.74) is 0.711. The number of rotatable bonds is 7. The van der Waals surface area contributed by atoms with Gasteiger partial charge in [-0.1, -0.05) is 30.3 Å². The first-order valence-corrected chi connectivity index (χ1v) is 10.3. The maximum Gasteiger partial charge on any atom is 0.258 e. The lowest BCUT2D eigenvalue weighted by Crippen LogP contribution is -2.31. The second-order valence-electron chi connectivity index (χ2n) is 7.47. The lowest BCUT2D eigenvalue weighted by Gasteiger charge is -2.12. The van der Waals surface area contributed by atoms with Gasteiger partial charge in [-0.05, 0) is 24.6 Å². The smallest absolute Gasteiger partial charge is 0.258 e. The maximum absolute atomic E-state index is 12.8. The van der Waals surface area contributed by atoms with Gasteiger partial charge in [-0.15, -0.1) is 0 Å². The number of nitrogens with one attached hydrogen (secondary N) is 1. The first-order valence-electron chi connectivity index (χ1n) is 10.3. The number of amides is 1. The van der Waals surface area contributed by atoms with E-state index in [0.717, 1.165) is 11.8 Å². The van der Waals surface area contributed by atoms with Crippen LogP contribution < -0.4 is 20.9 Å². The van der Waals surface area contributed by atoms with E-state index in [1.165, 1.54) is 12.3 Å². The number of pyridine rings is 1. The van der Waals surface area contributed by atoms with Gasteiger partial charge in [0.1, 0.15) is 29.8 Å². The molecule has 0 spiro atoms. The van der Waals surface area contributed by atoms with Crippen molar-refractivity contribution in [1.29, 1.82) is 0 Å². The van der Waals surface area contributed by atoms with Gasteiger partial charge in [-0.25, -0.2) is 0 Å². The van der Waals surface area contributed by atoms with E-state index in [2.05, 4.69) is 5.32 Å². The van der Waals surface area contributed by atoms with E-state index in [9.17, 15) is 19.5 Å². The quantitative estimate of drug-likeness (QED) is 0.452. The van der Waals surface area contributed by atoms with E-state index >= 15 is 0 Å². The number of ether oxygens (including phenoxy) is 1. The van der Waals surface area contributed by atoms with Crippen molar-refractivity contribution in [2.75, 3.05) is 6.54 Å². The predicted octanol–water partition coefficient (Wildman–Crippen LogP) is 2.98. The van der Waals surface area contributed by atoms with Gasteiger partial charge in [0, 0.05) is 31.4 Å². The fourth-order valence-corrected chi connectivity index (χ4v) is 3.39. The molecule has 168 valence electrons. The molecule has 2 heterocycles. The second kappa shape index (κ2) is 9.44. The largest absolute Gasteiger partial charge is 0.503 e. The molecule has 0 fully saturated rings. The lowest BCUT2D eigenvalue weighted by molar-refractivity contribution is 0.0949. The molecule has 2 aromatic carbocycles. The van der Waals surface area contributed by atoms with Crippen molar-refractivity contribution in [3.05, 3.63) is 104 Å². The molecule has 0 saturated heterocycles. The van der Waals surface area contributed by atoms with Crippen molar-refractivity contribution in [1.82, 2.24) is 9.88 Å². The number of hydrogen-bond acceptors (Lipinski definition) is 6. The van der Waals surface area contributed by atoms with Gasteiger partial charge in [0.15, 0.2) is 5.75 Å². The molecule has 4 aromatic rings. The summed E-state index contributed by atoms with van der Waals surface area (Å²) in [6.07, 6.45) is 2.67. The van der Waals surface area contributed by atoms with E-state index in [1.807, 2.05) is 30.3 Å². The number of hydrogen-bond donors (Lipinski definition) is 2. The van der Waals surface area contributed by atoms with Crippen molar-refractivity contribution in [2.45, 2.75) is 20.1 Å². The number of aromatic hydroxyl groups is 1. The Bertz CT molecular complexity index is 1420.